The van der Waals surface area contributed by atoms with Crippen molar-refractivity contribution in [2.45, 2.75) is 38.6 Å². The zero-order valence-corrected chi connectivity index (χ0v) is 9.98. The summed E-state index contributed by atoms with van der Waals surface area (Å²) in [6, 6.07) is 0. The van der Waals surface area contributed by atoms with Gasteiger partial charge in [-0.2, -0.15) is 5.10 Å². The molecule has 1 aliphatic heterocycles. The molecule has 3 N–H and O–H groups in total. The lowest BCUT2D eigenvalue weighted by Crippen LogP contribution is -2.24. The van der Waals surface area contributed by atoms with E-state index in [1.165, 1.54) is 25.7 Å². The van der Waals surface area contributed by atoms with Crippen molar-refractivity contribution in [1.82, 2.24) is 20.1 Å². The maximum atomic E-state index is 10.7. The molecule has 1 aliphatic rings. The molecule has 0 bridgehead atoms. The summed E-state index contributed by atoms with van der Waals surface area (Å²) in [7, 11) is 0. The molecule has 1 amide bonds. The molecule has 1 aromatic rings. The number of aromatic amines is 1. The van der Waals surface area contributed by atoms with E-state index >= 15 is 0 Å². The molecular weight excluding hydrogens is 218 g/mol. The average Bonchev–Trinajstić information content (AvgIpc) is 2.54. The van der Waals surface area contributed by atoms with Gasteiger partial charge in [0.05, 0.1) is 13.0 Å². The number of hydrogen-bond donors (Lipinski definition) is 2. The highest BCUT2D eigenvalue weighted by Crippen LogP contribution is 2.11. The van der Waals surface area contributed by atoms with Gasteiger partial charge in [0.25, 0.3) is 0 Å². The Morgan fingerprint density at radius 3 is 2.65 bits per heavy atom. The van der Waals surface area contributed by atoms with E-state index in [0.29, 0.717) is 5.82 Å². The molecule has 1 aromatic heterocycles. The molecule has 0 atom stereocenters. The molecule has 2 heterocycles. The van der Waals surface area contributed by atoms with Gasteiger partial charge in [-0.3, -0.25) is 14.8 Å². The largest absolute Gasteiger partial charge is 0.369 e. The van der Waals surface area contributed by atoms with Gasteiger partial charge in [-0.25, -0.2) is 4.98 Å². The highest BCUT2D eigenvalue weighted by molar-refractivity contribution is 5.75. The van der Waals surface area contributed by atoms with Crippen molar-refractivity contribution in [3.8, 4) is 0 Å². The molecule has 0 saturated carbocycles. The molecule has 0 unspecified atom stereocenters. The van der Waals surface area contributed by atoms with Gasteiger partial charge in [-0.1, -0.05) is 12.8 Å². The molecule has 17 heavy (non-hydrogen) atoms. The fourth-order valence-electron chi connectivity index (χ4n) is 2.14. The Balaban J connectivity index is 1.89. The standard InChI is InChI=1S/C11H19N5O/c12-9(17)7-10-13-11(15-14-10)8-16-5-3-1-2-4-6-16/h1-8H2,(H2,12,17)(H,13,14,15). The zero-order valence-electron chi connectivity index (χ0n) is 9.98. The average molecular weight is 237 g/mol. The van der Waals surface area contributed by atoms with E-state index in [1.54, 1.807) is 0 Å². The molecule has 0 aliphatic carbocycles. The Morgan fingerprint density at radius 2 is 2.00 bits per heavy atom. The zero-order chi connectivity index (χ0) is 12.1. The minimum atomic E-state index is -0.387. The molecule has 0 radical (unpaired) electrons. The van der Waals surface area contributed by atoms with E-state index in [4.69, 9.17) is 5.73 Å². The summed E-state index contributed by atoms with van der Waals surface area (Å²) in [5, 5.41) is 6.86. The predicted molar refractivity (Wildman–Crippen MR) is 63.0 cm³/mol. The highest BCUT2D eigenvalue weighted by atomic mass is 16.1. The summed E-state index contributed by atoms with van der Waals surface area (Å²) in [4.78, 5) is 17.4. The van der Waals surface area contributed by atoms with Crippen LogP contribution in [0.1, 0.15) is 37.3 Å². The summed E-state index contributed by atoms with van der Waals surface area (Å²) < 4.78 is 0. The van der Waals surface area contributed by atoms with Crippen LogP contribution in [0.25, 0.3) is 0 Å². The van der Waals surface area contributed by atoms with E-state index in [2.05, 4.69) is 20.1 Å². The second-order valence-corrected chi connectivity index (χ2v) is 4.53. The number of H-pyrrole nitrogens is 1. The first kappa shape index (κ1) is 12.0. The van der Waals surface area contributed by atoms with Gasteiger partial charge in [0, 0.05) is 0 Å². The number of carbonyl (C=O) groups is 1. The van der Waals surface area contributed by atoms with Crippen molar-refractivity contribution < 1.29 is 4.79 Å². The minimum absolute atomic E-state index is 0.132. The highest BCUT2D eigenvalue weighted by Gasteiger charge is 2.12. The molecule has 6 nitrogen and oxygen atoms in total. The number of carbonyl (C=O) groups excluding carboxylic acids is 1. The molecule has 0 spiro atoms. The normalized spacial score (nSPS) is 17.9. The lowest BCUT2D eigenvalue weighted by atomic mass is 10.2. The number of nitrogens with one attached hydrogen (secondary N) is 1. The van der Waals surface area contributed by atoms with Crippen LogP contribution in [0, 0.1) is 0 Å². The van der Waals surface area contributed by atoms with Gasteiger partial charge >= 0.3 is 0 Å². The third-order valence-electron chi connectivity index (χ3n) is 2.98. The lowest BCUT2D eigenvalue weighted by Gasteiger charge is -2.17. The molecule has 1 saturated heterocycles. The number of primary amides is 1. The van der Waals surface area contributed by atoms with E-state index in [9.17, 15) is 4.79 Å². The van der Waals surface area contributed by atoms with Crippen LogP contribution < -0.4 is 5.73 Å². The number of hydrogen-bond acceptors (Lipinski definition) is 4. The first-order chi connectivity index (χ1) is 8.24. The monoisotopic (exact) mass is 237 g/mol. The second kappa shape index (κ2) is 5.77. The van der Waals surface area contributed by atoms with Crippen molar-refractivity contribution in [1.29, 1.82) is 0 Å². The number of amides is 1. The first-order valence-electron chi connectivity index (χ1n) is 6.15. The third kappa shape index (κ3) is 3.81. The molecule has 2 rings (SSSR count). The van der Waals surface area contributed by atoms with Crippen molar-refractivity contribution in [2.75, 3.05) is 13.1 Å². The van der Waals surface area contributed by atoms with Gasteiger partial charge in [-0.05, 0) is 25.9 Å². The van der Waals surface area contributed by atoms with E-state index in [-0.39, 0.29) is 12.3 Å². The number of nitrogens with zero attached hydrogens (tertiary/aromatic N) is 3. The Hall–Kier alpha value is -1.43. The lowest BCUT2D eigenvalue weighted by molar-refractivity contribution is -0.117. The predicted octanol–water partition coefficient (Wildman–Crippen LogP) is 0.208. The summed E-state index contributed by atoms with van der Waals surface area (Å²) in [5.74, 6) is 0.924. The van der Waals surface area contributed by atoms with Crippen LogP contribution in [0.4, 0.5) is 0 Å². The fourth-order valence-corrected chi connectivity index (χ4v) is 2.14. The van der Waals surface area contributed by atoms with E-state index in [1.807, 2.05) is 0 Å². The quantitative estimate of drug-likeness (QED) is 0.783. The number of aromatic nitrogens is 3. The van der Waals surface area contributed by atoms with Crippen molar-refractivity contribution in [2.24, 2.45) is 5.73 Å². The number of likely N-dealkylation sites (tertiary alicyclic amines) is 1. The van der Waals surface area contributed by atoms with Gasteiger partial charge in [0.15, 0.2) is 5.82 Å². The maximum absolute atomic E-state index is 10.7. The summed E-state index contributed by atoms with van der Waals surface area (Å²) >= 11 is 0. The minimum Gasteiger partial charge on any atom is -0.369 e. The van der Waals surface area contributed by atoms with Crippen LogP contribution >= 0.6 is 0 Å². The summed E-state index contributed by atoms with van der Waals surface area (Å²) in [6.07, 6.45) is 5.26. The van der Waals surface area contributed by atoms with E-state index in [0.717, 1.165) is 25.5 Å². The van der Waals surface area contributed by atoms with Gasteiger partial charge in [0.1, 0.15) is 5.82 Å². The Kier molecular flexibility index (Phi) is 4.08. The smallest absolute Gasteiger partial charge is 0.225 e. The second-order valence-electron chi connectivity index (χ2n) is 4.53. The number of nitrogens with two attached hydrogens (primary N) is 1. The van der Waals surface area contributed by atoms with Crippen LogP contribution in [0.2, 0.25) is 0 Å². The molecule has 1 fully saturated rings. The summed E-state index contributed by atoms with van der Waals surface area (Å²) in [5.41, 5.74) is 5.10. The van der Waals surface area contributed by atoms with Crippen LogP contribution in [-0.2, 0) is 17.8 Å². The van der Waals surface area contributed by atoms with Crippen LogP contribution in [0.5, 0.6) is 0 Å². The fraction of sp³-hybridized carbons (Fsp3) is 0.727. The van der Waals surface area contributed by atoms with Crippen LogP contribution in [0.3, 0.4) is 0 Å². The van der Waals surface area contributed by atoms with Gasteiger partial charge < -0.3 is 5.73 Å². The van der Waals surface area contributed by atoms with Gasteiger partial charge in [0.2, 0.25) is 5.91 Å². The molecule has 6 heteroatoms. The van der Waals surface area contributed by atoms with E-state index < -0.39 is 0 Å². The topological polar surface area (TPSA) is 87.9 Å². The Bertz CT molecular complexity index is 368. The Morgan fingerprint density at radius 1 is 1.29 bits per heavy atom. The van der Waals surface area contributed by atoms with Gasteiger partial charge in [-0.15, -0.1) is 0 Å². The maximum Gasteiger partial charge on any atom is 0.225 e. The SMILES string of the molecule is NC(=O)Cc1nc(CN2CCCCCC2)n[nH]1. The molecule has 0 aromatic carbocycles. The first-order valence-corrected chi connectivity index (χ1v) is 6.15. The number of rotatable bonds is 4. The van der Waals surface area contributed by atoms with Crippen molar-refractivity contribution in [3.63, 3.8) is 0 Å². The Labute approximate surface area is 101 Å². The molecular formula is C11H19N5O. The van der Waals surface area contributed by atoms with Crippen LogP contribution in [0.15, 0.2) is 0 Å². The van der Waals surface area contributed by atoms with Crippen molar-refractivity contribution in [3.05, 3.63) is 11.6 Å². The third-order valence-corrected chi connectivity index (χ3v) is 2.98. The summed E-state index contributed by atoms with van der Waals surface area (Å²) in [6.45, 7) is 2.98. The van der Waals surface area contributed by atoms with Crippen molar-refractivity contribution >= 4 is 5.91 Å². The molecule has 94 valence electrons. The van der Waals surface area contributed by atoms with Crippen LogP contribution in [-0.4, -0.2) is 39.1 Å².